The Bertz CT molecular complexity index is 1130. The highest BCUT2D eigenvalue weighted by Crippen LogP contribution is 2.29. The van der Waals surface area contributed by atoms with E-state index >= 15 is 0 Å². The molecule has 0 saturated carbocycles. The van der Waals surface area contributed by atoms with Crippen LogP contribution in [0.25, 0.3) is 5.65 Å². The van der Waals surface area contributed by atoms with Crippen LogP contribution in [-0.2, 0) is 6.61 Å². The summed E-state index contributed by atoms with van der Waals surface area (Å²) in [6.07, 6.45) is 5.23. The second kappa shape index (κ2) is 8.39. The number of carbonyl (C=O) groups excluding carboxylic acids is 1. The van der Waals surface area contributed by atoms with E-state index in [9.17, 15) is 4.79 Å². The van der Waals surface area contributed by atoms with Crippen LogP contribution in [-0.4, -0.2) is 32.1 Å². The van der Waals surface area contributed by atoms with E-state index in [0.717, 1.165) is 5.56 Å². The van der Waals surface area contributed by atoms with Gasteiger partial charge in [0.15, 0.2) is 17.1 Å². The first kappa shape index (κ1) is 18.4. The zero-order valence-corrected chi connectivity index (χ0v) is 15.8. The lowest BCUT2D eigenvalue weighted by molar-refractivity contribution is 0.102. The molecule has 1 aromatic carbocycles. The Balaban J connectivity index is 1.52. The Morgan fingerprint density at radius 1 is 1.07 bits per heavy atom. The smallest absolute Gasteiger partial charge is 0.258 e. The zero-order valence-electron chi connectivity index (χ0n) is 15.8. The predicted octanol–water partition coefficient (Wildman–Crippen LogP) is 3.35. The van der Waals surface area contributed by atoms with Crippen molar-refractivity contribution in [1.82, 2.24) is 19.6 Å². The Hall–Kier alpha value is -3.94. The lowest BCUT2D eigenvalue weighted by Gasteiger charge is -2.13. The summed E-state index contributed by atoms with van der Waals surface area (Å²) in [5.41, 5.74) is 2.02. The lowest BCUT2D eigenvalue weighted by atomic mass is 10.2. The summed E-state index contributed by atoms with van der Waals surface area (Å²) in [7, 11) is 0. The number of benzene rings is 1. The van der Waals surface area contributed by atoms with Crippen molar-refractivity contribution in [2.45, 2.75) is 13.5 Å². The third-order valence-corrected chi connectivity index (χ3v) is 4.16. The molecule has 1 amide bonds. The van der Waals surface area contributed by atoms with E-state index in [1.54, 1.807) is 41.2 Å². The molecule has 0 unspecified atom stereocenters. The lowest BCUT2D eigenvalue weighted by Crippen LogP contribution is -2.14. The molecule has 0 aliphatic heterocycles. The maximum absolute atomic E-state index is 12.7. The first-order valence-electron chi connectivity index (χ1n) is 9.14. The normalized spacial score (nSPS) is 10.7. The molecule has 3 heterocycles. The summed E-state index contributed by atoms with van der Waals surface area (Å²) in [6.45, 7) is 2.67. The van der Waals surface area contributed by atoms with Gasteiger partial charge in [-0.3, -0.25) is 19.5 Å². The summed E-state index contributed by atoms with van der Waals surface area (Å²) in [4.78, 5) is 16.8. The molecule has 0 radical (unpaired) electrons. The zero-order chi connectivity index (χ0) is 20.1. The molecule has 8 heteroatoms. The van der Waals surface area contributed by atoms with Crippen LogP contribution in [0.5, 0.6) is 11.5 Å². The minimum absolute atomic E-state index is 0.317. The Kier molecular flexibility index (Phi) is 5.33. The molecule has 146 valence electrons. The van der Waals surface area contributed by atoms with E-state index in [2.05, 4.69) is 20.5 Å². The third-order valence-electron chi connectivity index (χ3n) is 4.16. The van der Waals surface area contributed by atoms with Gasteiger partial charge in [0, 0.05) is 29.7 Å². The van der Waals surface area contributed by atoms with Crippen LogP contribution < -0.4 is 14.8 Å². The van der Waals surface area contributed by atoms with E-state index < -0.39 is 0 Å². The van der Waals surface area contributed by atoms with Gasteiger partial charge in [-0.2, -0.15) is 0 Å². The number of ether oxygens (including phenoxy) is 2. The van der Waals surface area contributed by atoms with Gasteiger partial charge in [-0.25, -0.2) is 0 Å². The van der Waals surface area contributed by atoms with Crippen LogP contribution in [0.1, 0.15) is 22.8 Å². The Morgan fingerprint density at radius 3 is 2.83 bits per heavy atom. The second-order valence-corrected chi connectivity index (χ2v) is 6.15. The van der Waals surface area contributed by atoms with Crippen molar-refractivity contribution in [3.8, 4) is 11.5 Å². The summed E-state index contributed by atoms with van der Waals surface area (Å²) in [5, 5.41) is 10.8. The highest BCUT2D eigenvalue weighted by atomic mass is 16.5. The predicted molar refractivity (Wildman–Crippen MR) is 107 cm³/mol. The highest BCUT2D eigenvalue weighted by molar-refractivity contribution is 6.03. The number of rotatable bonds is 7. The largest absolute Gasteiger partial charge is 0.490 e. The third kappa shape index (κ3) is 4.16. The first-order chi connectivity index (χ1) is 14.2. The average Bonchev–Trinajstić information content (AvgIpc) is 3.16. The molecule has 1 N–H and O–H groups in total. The molecule has 0 atom stereocenters. The molecule has 0 spiro atoms. The molecule has 0 saturated heterocycles. The average molecular weight is 389 g/mol. The van der Waals surface area contributed by atoms with E-state index in [1.165, 1.54) is 0 Å². The molecule has 0 aliphatic carbocycles. The molecular formula is C21H19N5O3. The van der Waals surface area contributed by atoms with Crippen LogP contribution in [0.3, 0.4) is 0 Å². The van der Waals surface area contributed by atoms with Gasteiger partial charge in [0.1, 0.15) is 6.61 Å². The van der Waals surface area contributed by atoms with Crippen LogP contribution >= 0.6 is 0 Å². The van der Waals surface area contributed by atoms with Crippen LogP contribution in [0.15, 0.2) is 67.1 Å². The topological polar surface area (TPSA) is 90.6 Å². The molecule has 0 bridgehead atoms. The molecule has 3 aromatic heterocycles. The molecule has 8 nitrogen and oxygen atoms in total. The van der Waals surface area contributed by atoms with Gasteiger partial charge < -0.3 is 9.47 Å². The quantitative estimate of drug-likeness (QED) is 0.521. The molecule has 29 heavy (non-hydrogen) atoms. The van der Waals surface area contributed by atoms with Gasteiger partial charge in [0.2, 0.25) is 5.95 Å². The van der Waals surface area contributed by atoms with Gasteiger partial charge in [-0.15, -0.1) is 10.2 Å². The molecular weight excluding hydrogens is 370 g/mol. The number of nitrogens with one attached hydrogen (secondary N) is 1. The Morgan fingerprint density at radius 2 is 2.00 bits per heavy atom. The fraction of sp³-hybridized carbons (Fsp3) is 0.143. The van der Waals surface area contributed by atoms with Crippen LogP contribution in [0.2, 0.25) is 0 Å². The summed E-state index contributed by atoms with van der Waals surface area (Å²) in [5.74, 6) is 1.08. The maximum Gasteiger partial charge on any atom is 0.258 e. The first-order valence-corrected chi connectivity index (χ1v) is 9.14. The fourth-order valence-corrected chi connectivity index (χ4v) is 2.78. The van der Waals surface area contributed by atoms with E-state index in [-0.39, 0.29) is 5.91 Å². The minimum Gasteiger partial charge on any atom is -0.490 e. The van der Waals surface area contributed by atoms with Crippen molar-refractivity contribution in [2.75, 3.05) is 11.9 Å². The number of aromatic nitrogens is 4. The van der Waals surface area contributed by atoms with Crippen LogP contribution in [0.4, 0.5) is 5.95 Å². The minimum atomic E-state index is -0.317. The van der Waals surface area contributed by atoms with Crippen molar-refractivity contribution in [3.05, 3.63) is 78.2 Å². The number of pyridine rings is 2. The van der Waals surface area contributed by atoms with E-state index in [1.807, 2.05) is 37.3 Å². The van der Waals surface area contributed by atoms with Gasteiger partial charge in [-0.1, -0.05) is 12.1 Å². The summed E-state index contributed by atoms with van der Waals surface area (Å²) in [6, 6.07) is 14.3. The SMILES string of the molecule is CCOc1cc(C(=O)Nc2nnc3ccccn23)ccc1OCc1cccnc1. The van der Waals surface area contributed by atoms with Crippen LogP contribution in [0, 0.1) is 0 Å². The number of hydrogen-bond acceptors (Lipinski definition) is 6. The summed E-state index contributed by atoms with van der Waals surface area (Å²) >= 11 is 0. The van der Waals surface area contributed by atoms with Crippen molar-refractivity contribution in [1.29, 1.82) is 0 Å². The van der Waals surface area contributed by atoms with E-state index in [0.29, 0.717) is 41.9 Å². The standard InChI is InChI=1S/C21H19N5O3/c1-2-28-18-12-16(8-9-17(18)29-14-15-6-5-10-22-13-15)20(27)23-21-25-24-19-7-3-4-11-26(19)21/h3-13H,2,14H2,1H3,(H,23,25,27). The van der Waals surface area contributed by atoms with Crippen molar-refractivity contribution < 1.29 is 14.3 Å². The fourth-order valence-electron chi connectivity index (χ4n) is 2.78. The maximum atomic E-state index is 12.7. The number of amides is 1. The Labute approximate surface area is 167 Å². The van der Waals surface area contributed by atoms with Gasteiger partial charge in [-0.05, 0) is 43.3 Å². The highest BCUT2D eigenvalue weighted by Gasteiger charge is 2.14. The van der Waals surface area contributed by atoms with Crippen molar-refractivity contribution in [2.24, 2.45) is 0 Å². The van der Waals surface area contributed by atoms with Gasteiger partial charge in [0.25, 0.3) is 5.91 Å². The number of nitrogens with zero attached hydrogens (tertiary/aromatic N) is 4. The molecule has 4 rings (SSSR count). The molecule has 0 fully saturated rings. The number of anilines is 1. The van der Waals surface area contributed by atoms with Crippen molar-refractivity contribution >= 4 is 17.5 Å². The molecule has 4 aromatic rings. The number of hydrogen-bond donors (Lipinski definition) is 1. The summed E-state index contributed by atoms with van der Waals surface area (Å²) < 4.78 is 13.2. The van der Waals surface area contributed by atoms with E-state index in [4.69, 9.17) is 9.47 Å². The number of carbonyl (C=O) groups is 1. The van der Waals surface area contributed by atoms with Gasteiger partial charge in [0.05, 0.1) is 6.61 Å². The number of fused-ring (bicyclic) bond motifs is 1. The van der Waals surface area contributed by atoms with Crippen molar-refractivity contribution in [3.63, 3.8) is 0 Å². The van der Waals surface area contributed by atoms with Gasteiger partial charge >= 0.3 is 0 Å². The second-order valence-electron chi connectivity index (χ2n) is 6.15. The monoisotopic (exact) mass is 389 g/mol. The molecule has 0 aliphatic rings.